The highest BCUT2D eigenvalue weighted by molar-refractivity contribution is 9.10. The van der Waals surface area contributed by atoms with E-state index in [-0.39, 0.29) is 5.54 Å². The lowest BCUT2D eigenvalue weighted by molar-refractivity contribution is 0.440. The molecule has 1 atom stereocenters. The normalized spacial score (nSPS) is 27.5. The van der Waals surface area contributed by atoms with Crippen LogP contribution in [0.25, 0.3) is 0 Å². The Morgan fingerprint density at radius 2 is 2.22 bits per heavy atom. The van der Waals surface area contributed by atoms with E-state index in [1.807, 2.05) is 18.2 Å². The summed E-state index contributed by atoms with van der Waals surface area (Å²) in [4.78, 5) is 6.59. The van der Waals surface area contributed by atoms with Gasteiger partial charge in [-0.25, -0.2) is 0 Å². The molecule has 0 radical (unpaired) electrons. The van der Waals surface area contributed by atoms with Crippen LogP contribution in [0, 0.1) is 5.92 Å². The van der Waals surface area contributed by atoms with E-state index in [0.717, 1.165) is 16.7 Å². The van der Waals surface area contributed by atoms with Crippen molar-refractivity contribution in [1.29, 1.82) is 0 Å². The maximum Gasteiger partial charge on any atom is 0.196 e. The third kappa shape index (κ3) is 1.82. The zero-order chi connectivity index (χ0) is 12.9. The van der Waals surface area contributed by atoms with E-state index in [1.165, 1.54) is 12.8 Å². The number of rotatable bonds is 2. The average molecular weight is 329 g/mol. The van der Waals surface area contributed by atoms with Crippen molar-refractivity contribution in [3.05, 3.63) is 27.7 Å². The number of hydrogen-bond acceptors (Lipinski definition) is 3. The summed E-state index contributed by atoms with van der Waals surface area (Å²) in [6, 6.07) is 5.90. The highest BCUT2D eigenvalue weighted by atomic mass is 79.9. The summed E-state index contributed by atoms with van der Waals surface area (Å²) in [7, 11) is 0. The molecule has 1 heterocycles. The fraction of sp³-hybridized carbons (Fsp3) is 0.462. The Bertz CT molecular complexity index is 527. The fourth-order valence-corrected chi connectivity index (χ4v) is 3.20. The smallest absolute Gasteiger partial charge is 0.196 e. The van der Waals surface area contributed by atoms with Crippen LogP contribution in [0.2, 0.25) is 5.02 Å². The van der Waals surface area contributed by atoms with Gasteiger partial charge in [0, 0.05) is 10.2 Å². The quantitative estimate of drug-likeness (QED) is 0.904. The van der Waals surface area contributed by atoms with Crippen LogP contribution in [0.15, 0.2) is 27.7 Å². The molecule has 2 aliphatic rings. The number of halogens is 2. The fourth-order valence-electron chi connectivity index (χ4n) is 2.71. The van der Waals surface area contributed by atoms with Crippen molar-refractivity contribution in [2.75, 3.05) is 11.4 Å². The summed E-state index contributed by atoms with van der Waals surface area (Å²) in [5.74, 6) is 1.30. The molecule has 3 rings (SSSR count). The number of hydrogen-bond donors (Lipinski definition) is 1. The summed E-state index contributed by atoms with van der Waals surface area (Å²) < 4.78 is 0.888. The zero-order valence-electron chi connectivity index (χ0n) is 10.2. The molecule has 1 saturated carbocycles. The minimum Gasteiger partial charge on any atom is -0.369 e. The van der Waals surface area contributed by atoms with E-state index in [0.29, 0.717) is 16.9 Å². The molecular formula is C13H15BrClN3. The molecular weight excluding hydrogens is 314 g/mol. The second-order valence-electron chi connectivity index (χ2n) is 5.24. The molecule has 96 valence electrons. The predicted octanol–water partition coefficient (Wildman–Crippen LogP) is 3.41. The van der Waals surface area contributed by atoms with Gasteiger partial charge in [-0.05, 0) is 59.8 Å². The Hall–Kier alpha value is -0.740. The van der Waals surface area contributed by atoms with Gasteiger partial charge in [-0.15, -0.1) is 0 Å². The van der Waals surface area contributed by atoms with Gasteiger partial charge >= 0.3 is 0 Å². The van der Waals surface area contributed by atoms with E-state index >= 15 is 0 Å². The Morgan fingerprint density at radius 1 is 1.50 bits per heavy atom. The van der Waals surface area contributed by atoms with Gasteiger partial charge in [-0.1, -0.05) is 11.6 Å². The van der Waals surface area contributed by atoms with E-state index in [4.69, 9.17) is 17.3 Å². The molecule has 1 fully saturated rings. The Labute approximate surface area is 120 Å². The van der Waals surface area contributed by atoms with Gasteiger partial charge < -0.3 is 10.6 Å². The SMILES string of the molecule is CC1(C2CC2)CN=C(N)N1c1ccc(Cl)c(Br)c1. The third-order valence-electron chi connectivity index (χ3n) is 3.92. The monoisotopic (exact) mass is 327 g/mol. The Balaban J connectivity index is 2.02. The predicted molar refractivity (Wildman–Crippen MR) is 79.2 cm³/mol. The van der Waals surface area contributed by atoms with Gasteiger partial charge in [0.25, 0.3) is 0 Å². The Morgan fingerprint density at radius 3 is 2.83 bits per heavy atom. The van der Waals surface area contributed by atoms with Gasteiger partial charge in [-0.3, -0.25) is 4.99 Å². The molecule has 1 aromatic carbocycles. The molecule has 1 aliphatic heterocycles. The van der Waals surface area contributed by atoms with Gasteiger partial charge in [-0.2, -0.15) is 0 Å². The van der Waals surface area contributed by atoms with Crippen molar-refractivity contribution >= 4 is 39.2 Å². The van der Waals surface area contributed by atoms with Gasteiger partial charge in [0.05, 0.1) is 17.1 Å². The maximum atomic E-state index is 6.07. The lowest BCUT2D eigenvalue weighted by Crippen LogP contribution is -2.51. The Kier molecular flexibility index (Phi) is 2.83. The average Bonchev–Trinajstić information content (AvgIpc) is 3.12. The summed E-state index contributed by atoms with van der Waals surface area (Å²) in [5, 5.41) is 0.710. The van der Waals surface area contributed by atoms with E-state index in [1.54, 1.807) is 0 Å². The molecule has 18 heavy (non-hydrogen) atoms. The molecule has 0 bridgehead atoms. The van der Waals surface area contributed by atoms with E-state index < -0.39 is 0 Å². The van der Waals surface area contributed by atoms with Crippen LogP contribution in [-0.2, 0) is 0 Å². The number of guanidine groups is 1. The molecule has 5 heteroatoms. The van der Waals surface area contributed by atoms with E-state index in [2.05, 4.69) is 32.7 Å². The number of nitrogens with two attached hydrogens (primary N) is 1. The number of aliphatic imine (C=N–C) groups is 1. The highest BCUT2D eigenvalue weighted by Crippen LogP contribution is 2.47. The molecule has 0 saturated heterocycles. The first-order valence-corrected chi connectivity index (χ1v) is 7.25. The first-order chi connectivity index (χ1) is 8.52. The van der Waals surface area contributed by atoms with Crippen molar-refractivity contribution in [3.63, 3.8) is 0 Å². The second kappa shape index (κ2) is 4.14. The first kappa shape index (κ1) is 12.3. The molecule has 3 nitrogen and oxygen atoms in total. The number of anilines is 1. The van der Waals surface area contributed by atoms with Gasteiger partial charge in [0.1, 0.15) is 0 Å². The molecule has 0 spiro atoms. The van der Waals surface area contributed by atoms with Crippen LogP contribution in [0.3, 0.4) is 0 Å². The third-order valence-corrected chi connectivity index (χ3v) is 5.13. The zero-order valence-corrected chi connectivity index (χ0v) is 12.5. The molecule has 2 N–H and O–H groups in total. The molecule has 0 aromatic heterocycles. The maximum absolute atomic E-state index is 6.07. The van der Waals surface area contributed by atoms with Gasteiger partial charge in [0.2, 0.25) is 0 Å². The van der Waals surface area contributed by atoms with Crippen LogP contribution in [0.4, 0.5) is 5.69 Å². The summed E-state index contributed by atoms with van der Waals surface area (Å²) in [6.45, 7) is 3.03. The number of nitrogens with zero attached hydrogens (tertiary/aromatic N) is 2. The largest absolute Gasteiger partial charge is 0.369 e. The standard InChI is InChI=1S/C13H15BrClN3/c1-13(8-2-3-8)7-17-12(16)18(13)9-4-5-11(15)10(14)6-9/h4-6,8H,2-3,7H2,1H3,(H2,16,17). The van der Waals surface area contributed by atoms with Crippen molar-refractivity contribution in [2.45, 2.75) is 25.3 Å². The van der Waals surface area contributed by atoms with Crippen molar-refractivity contribution < 1.29 is 0 Å². The molecule has 0 amide bonds. The van der Waals surface area contributed by atoms with Crippen molar-refractivity contribution in [3.8, 4) is 0 Å². The lowest BCUT2D eigenvalue weighted by Gasteiger charge is -2.36. The molecule has 1 aromatic rings. The van der Waals surface area contributed by atoms with Crippen LogP contribution in [0.5, 0.6) is 0 Å². The van der Waals surface area contributed by atoms with Crippen LogP contribution in [-0.4, -0.2) is 18.0 Å². The minimum atomic E-state index is 0.0252. The highest BCUT2D eigenvalue weighted by Gasteiger charge is 2.49. The van der Waals surface area contributed by atoms with Crippen LogP contribution < -0.4 is 10.6 Å². The van der Waals surface area contributed by atoms with Crippen LogP contribution >= 0.6 is 27.5 Å². The van der Waals surface area contributed by atoms with Crippen molar-refractivity contribution in [2.24, 2.45) is 16.6 Å². The van der Waals surface area contributed by atoms with Crippen molar-refractivity contribution in [1.82, 2.24) is 0 Å². The lowest BCUT2D eigenvalue weighted by atomic mass is 9.94. The minimum absolute atomic E-state index is 0.0252. The summed E-state index contributed by atoms with van der Waals surface area (Å²) in [6.07, 6.45) is 2.54. The second-order valence-corrected chi connectivity index (χ2v) is 6.50. The molecule has 1 aliphatic carbocycles. The van der Waals surface area contributed by atoms with Gasteiger partial charge in [0.15, 0.2) is 5.96 Å². The molecule has 1 unspecified atom stereocenters. The summed E-state index contributed by atoms with van der Waals surface area (Å²) in [5.41, 5.74) is 7.15. The summed E-state index contributed by atoms with van der Waals surface area (Å²) >= 11 is 9.51. The topological polar surface area (TPSA) is 41.6 Å². The van der Waals surface area contributed by atoms with E-state index in [9.17, 15) is 0 Å². The number of benzene rings is 1. The van der Waals surface area contributed by atoms with Crippen LogP contribution in [0.1, 0.15) is 19.8 Å². The first-order valence-electron chi connectivity index (χ1n) is 6.07.